The van der Waals surface area contributed by atoms with Crippen molar-refractivity contribution in [3.8, 4) is 0 Å². The lowest BCUT2D eigenvalue weighted by Crippen LogP contribution is -2.30. The normalized spacial score (nSPS) is 24.1. The molecule has 2 aromatic carbocycles. The van der Waals surface area contributed by atoms with Crippen LogP contribution in [0.5, 0.6) is 0 Å². The largest absolute Gasteiger partial charge is 0.364 e. The predicted molar refractivity (Wildman–Crippen MR) is 87.3 cm³/mol. The van der Waals surface area contributed by atoms with E-state index in [1.165, 1.54) is 11.1 Å². The number of benzene rings is 2. The number of aryl methyl sites for hydroxylation is 1. The molecule has 21 heavy (non-hydrogen) atoms. The van der Waals surface area contributed by atoms with Gasteiger partial charge in [-0.3, -0.25) is 0 Å². The molecule has 0 aliphatic carbocycles. The molecular formula is C20H24O. The third-order valence-electron chi connectivity index (χ3n) is 4.56. The molecular weight excluding hydrogens is 256 g/mol. The topological polar surface area (TPSA) is 9.23 Å². The molecule has 3 rings (SSSR count). The van der Waals surface area contributed by atoms with Crippen molar-refractivity contribution in [1.29, 1.82) is 0 Å². The zero-order chi connectivity index (χ0) is 14.8. The SMILES string of the molecule is CC1(C)CCC(CCc2ccccc2)(c2ccccc2)O1. The Morgan fingerprint density at radius 1 is 0.857 bits per heavy atom. The van der Waals surface area contributed by atoms with E-state index in [0.29, 0.717) is 0 Å². The highest BCUT2D eigenvalue weighted by atomic mass is 16.5. The average Bonchev–Trinajstić information content (AvgIpc) is 2.84. The monoisotopic (exact) mass is 280 g/mol. The lowest BCUT2D eigenvalue weighted by atomic mass is 9.85. The molecule has 1 aliphatic heterocycles. The summed E-state index contributed by atoms with van der Waals surface area (Å²) in [4.78, 5) is 0. The summed E-state index contributed by atoms with van der Waals surface area (Å²) in [6.45, 7) is 4.42. The van der Waals surface area contributed by atoms with Crippen LogP contribution in [-0.4, -0.2) is 5.60 Å². The van der Waals surface area contributed by atoms with E-state index < -0.39 is 0 Å². The van der Waals surface area contributed by atoms with Gasteiger partial charge in [-0.1, -0.05) is 60.7 Å². The quantitative estimate of drug-likeness (QED) is 0.756. The van der Waals surface area contributed by atoms with Crippen LogP contribution in [0.3, 0.4) is 0 Å². The Hall–Kier alpha value is -1.60. The highest BCUT2D eigenvalue weighted by Crippen LogP contribution is 2.47. The molecule has 1 fully saturated rings. The lowest BCUT2D eigenvalue weighted by Gasteiger charge is -2.32. The van der Waals surface area contributed by atoms with Crippen LogP contribution in [0.1, 0.15) is 44.2 Å². The maximum atomic E-state index is 6.54. The van der Waals surface area contributed by atoms with Gasteiger partial charge in [-0.15, -0.1) is 0 Å². The molecule has 0 radical (unpaired) electrons. The Bertz CT molecular complexity index is 573. The molecule has 1 saturated heterocycles. The summed E-state index contributed by atoms with van der Waals surface area (Å²) in [5, 5.41) is 0. The second-order valence-electron chi connectivity index (χ2n) is 6.71. The summed E-state index contributed by atoms with van der Waals surface area (Å²) in [5.74, 6) is 0. The molecule has 0 bridgehead atoms. The maximum Gasteiger partial charge on any atom is 0.0942 e. The molecule has 110 valence electrons. The van der Waals surface area contributed by atoms with Crippen LogP contribution in [0.15, 0.2) is 60.7 Å². The van der Waals surface area contributed by atoms with Gasteiger partial charge in [-0.25, -0.2) is 0 Å². The Labute approximate surface area is 128 Å². The van der Waals surface area contributed by atoms with Gasteiger partial charge >= 0.3 is 0 Å². The average molecular weight is 280 g/mol. The highest BCUT2D eigenvalue weighted by Gasteiger charge is 2.44. The number of ether oxygens (including phenoxy) is 1. The van der Waals surface area contributed by atoms with Gasteiger partial charge in [0, 0.05) is 0 Å². The maximum absolute atomic E-state index is 6.54. The smallest absolute Gasteiger partial charge is 0.0942 e. The van der Waals surface area contributed by atoms with Crippen LogP contribution in [0.25, 0.3) is 0 Å². The van der Waals surface area contributed by atoms with Crippen LogP contribution in [0, 0.1) is 0 Å². The fourth-order valence-electron chi connectivity index (χ4n) is 3.39. The third-order valence-corrected chi connectivity index (χ3v) is 4.56. The number of hydrogen-bond acceptors (Lipinski definition) is 1. The van der Waals surface area contributed by atoms with Gasteiger partial charge in [0.15, 0.2) is 0 Å². The van der Waals surface area contributed by atoms with Gasteiger partial charge in [-0.2, -0.15) is 0 Å². The molecule has 1 nitrogen and oxygen atoms in total. The summed E-state index contributed by atoms with van der Waals surface area (Å²) in [5.41, 5.74) is 2.57. The van der Waals surface area contributed by atoms with Crippen molar-refractivity contribution in [3.05, 3.63) is 71.8 Å². The molecule has 0 spiro atoms. The summed E-state index contributed by atoms with van der Waals surface area (Å²) in [7, 11) is 0. The van der Waals surface area contributed by atoms with Gasteiger partial charge in [0.25, 0.3) is 0 Å². The molecule has 1 atom stereocenters. The van der Waals surface area contributed by atoms with E-state index in [1.54, 1.807) is 0 Å². The van der Waals surface area contributed by atoms with Gasteiger partial charge in [-0.05, 0) is 50.7 Å². The lowest BCUT2D eigenvalue weighted by molar-refractivity contribution is -0.0946. The first-order chi connectivity index (χ1) is 10.1. The minimum atomic E-state index is -0.124. The van der Waals surface area contributed by atoms with Crippen LogP contribution in [0.4, 0.5) is 0 Å². The zero-order valence-electron chi connectivity index (χ0n) is 13.0. The molecule has 1 unspecified atom stereocenters. The number of hydrogen-bond donors (Lipinski definition) is 0. The van der Waals surface area contributed by atoms with E-state index in [0.717, 1.165) is 25.7 Å². The second-order valence-corrected chi connectivity index (χ2v) is 6.71. The van der Waals surface area contributed by atoms with Gasteiger partial charge in [0.2, 0.25) is 0 Å². The summed E-state index contributed by atoms with van der Waals surface area (Å²) < 4.78 is 6.54. The zero-order valence-corrected chi connectivity index (χ0v) is 13.0. The summed E-state index contributed by atoms with van der Waals surface area (Å²) in [6.07, 6.45) is 4.34. The van der Waals surface area contributed by atoms with E-state index >= 15 is 0 Å². The van der Waals surface area contributed by atoms with Crippen molar-refractivity contribution in [2.75, 3.05) is 0 Å². The molecule has 0 amide bonds. The third kappa shape index (κ3) is 3.19. The van der Waals surface area contributed by atoms with E-state index in [9.17, 15) is 0 Å². The predicted octanol–water partition coefficient (Wildman–Crippen LogP) is 5.10. The van der Waals surface area contributed by atoms with Crippen LogP contribution in [-0.2, 0) is 16.8 Å². The minimum Gasteiger partial charge on any atom is -0.364 e. The van der Waals surface area contributed by atoms with Crippen molar-refractivity contribution in [1.82, 2.24) is 0 Å². The van der Waals surface area contributed by atoms with Crippen molar-refractivity contribution >= 4 is 0 Å². The summed E-state index contributed by atoms with van der Waals surface area (Å²) >= 11 is 0. The first kappa shape index (κ1) is 14.3. The fourth-order valence-corrected chi connectivity index (χ4v) is 3.39. The minimum absolute atomic E-state index is 0.0213. The van der Waals surface area contributed by atoms with Crippen LogP contribution < -0.4 is 0 Å². The van der Waals surface area contributed by atoms with Crippen molar-refractivity contribution in [2.24, 2.45) is 0 Å². The molecule has 0 N–H and O–H groups in total. The van der Waals surface area contributed by atoms with E-state index in [-0.39, 0.29) is 11.2 Å². The van der Waals surface area contributed by atoms with E-state index in [4.69, 9.17) is 4.74 Å². The fraction of sp³-hybridized carbons (Fsp3) is 0.400. The van der Waals surface area contributed by atoms with Crippen molar-refractivity contribution in [2.45, 2.75) is 50.7 Å². The van der Waals surface area contributed by atoms with Gasteiger partial charge in [0.1, 0.15) is 0 Å². The molecule has 1 aliphatic rings. The van der Waals surface area contributed by atoms with Crippen LogP contribution in [0.2, 0.25) is 0 Å². The Morgan fingerprint density at radius 3 is 2.05 bits per heavy atom. The molecule has 0 aromatic heterocycles. The number of rotatable bonds is 4. The van der Waals surface area contributed by atoms with Crippen LogP contribution >= 0.6 is 0 Å². The van der Waals surface area contributed by atoms with Gasteiger partial charge in [0.05, 0.1) is 11.2 Å². The highest BCUT2D eigenvalue weighted by molar-refractivity contribution is 5.25. The Balaban J connectivity index is 1.84. The van der Waals surface area contributed by atoms with Crippen molar-refractivity contribution < 1.29 is 4.74 Å². The second kappa shape index (κ2) is 5.65. The molecule has 0 saturated carbocycles. The Kier molecular flexibility index (Phi) is 3.86. The Morgan fingerprint density at radius 2 is 1.48 bits per heavy atom. The standard InChI is InChI=1S/C20H24O/c1-19(2)15-16-20(21-19,18-11-7-4-8-12-18)14-13-17-9-5-3-6-10-17/h3-12H,13-16H2,1-2H3. The summed E-state index contributed by atoms with van der Waals surface area (Å²) in [6, 6.07) is 21.5. The molecule has 1 heterocycles. The molecule has 1 heteroatoms. The van der Waals surface area contributed by atoms with E-state index in [1.807, 2.05) is 0 Å². The molecule has 2 aromatic rings. The van der Waals surface area contributed by atoms with Gasteiger partial charge < -0.3 is 4.74 Å². The first-order valence-electron chi connectivity index (χ1n) is 7.89. The van der Waals surface area contributed by atoms with E-state index in [2.05, 4.69) is 74.5 Å². The first-order valence-corrected chi connectivity index (χ1v) is 7.89. The van der Waals surface area contributed by atoms with Crippen molar-refractivity contribution in [3.63, 3.8) is 0 Å².